The van der Waals surface area contributed by atoms with Crippen molar-refractivity contribution in [3.63, 3.8) is 0 Å². The van der Waals surface area contributed by atoms with Gasteiger partial charge in [-0.15, -0.1) is 0 Å². The van der Waals surface area contributed by atoms with Crippen LogP contribution >= 0.6 is 22.9 Å². The molecule has 0 bridgehead atoms. The maximum absolute atomic E-state index is 14.2. The van der Waals surface area contributed by atoms with Gasteiger partial charge in [0.05, 0.1) is 22.8 Å². The quantitative estimate of drug-likeness (QED) is 0.247. The van der Waals surface area contributed by atoms with E-state index in [1.54, 1.807) is 12.1 Å². The smallest absolute Gasteiger partial charge is 0.475 e. The highest BCUT2D eigenvalue weighted by molar-refractivity contribution is 7.22. The van der Waals surface area contributed by atoms with Crippen LogP contribution in [0.15, 0.2) is 18.3 Å². The molecule has 3 heterocycles. The van der Waals surface area contributed by atoms with Crippen molar-refractivity contribution in [2.24, 2.45) is 5.92 Å². The molecular formula is C19H10ClF6N5O3S. The maximum atomic E-state index is 14.2. The molecule has 5 rings (SSSR count). The van der Waals surface area contributed by atoms with Crippen molar-refractivity contribution < 1.29 is 41.0 Å². The molecule has 1 aromatic carbocycles. The molecule has 3 aromatic heterocycles. The van der Waals surface area contributed by atoms with E-state index in [1.807, 2.05) is 0 Å². The molecule has 184 valence electrons. The van der Waals surface area contributed by atoms with Gasteiger partial charge in [0, 0.05) is 10.9 Å². The predicted octanol–water partition coefficient (Wildman–Crippen LogP) is 5.10. The minimum Gasteiger partial charge on any atom is -0.475 e. The second kappa shape index (κ2) is 8.96. The fraction of sp³-hybridized carbons (Fsp3) is 0.211. The van der Waals surface area contributed by atoms with E-state index in [9.17, 15) is 31.1 Å². The van der Waals surface area contributed by atoms with E-state index in [2.05, 4.69) is 25.5 Å². The molecule has 1 saturated carbocycles. The fourth-order valence-corrected chi connectivity index (χ4v) is 4.09. The Kier molecular flexibility index (Phi) is 6.31. The van der Waals surface area contributed by atoms with E-state index in [0.29, 0.717) is 16.0 Å². The zero-order chi connectivity index (χ0) is 25.7. The number of rotatable bonds is 3. The molecule has 2 atom stereocenters. The van der Waals surface area contributed by atoms with Gasteiger partial charge in [0.25, 0.3) is 0 Å². The molecule has 4 aromatic rings. The first kappa shape index (κ1) is 24.7. The topological polar surface area (TPSA) is 121 Å². The number of nitrogens with zero attached hydrogens (tertiary/aromatic N) is 3. The van der Waals surface area contributed by atoms with Gasteiger partial charge in [0.2, 0.25) is 5.91 Å². The van der Waals surface area contributed by atoms with Crippen LogP contribution in [0.4, 0.5) is 31.5 Å². The number of H-pyrrole nitrogens is 1. The van der Waals surface area contributed by atoms with E-state index < -0.39 is 46.8 Å². The van der Waals surface area contributed by atoms with Crippen molar-refractivity contribution >= 4 is 61.2 Å². The van der Waals surface area contributed by atoms with E-state index in [0.717, 1.165) is 11.3 Å². The summed E-state index contributed by atoms with van der Waals surface area (Å²) in [6, 6.07) is 3.19. The molecule has 1 aliphatic carbocycles. The molecule has 35 heavy (non-hydrogen) atoms. The van der Waals surface area contributed by atoms with Gasteiger partial charge in [0.15, 0.2) is 16.8 Å². The van der Waals surface area contributed by atoms with Gasteiger partial charge >= 0.3 is 12.1 Å². The first-order chi connectivity index (χ1) is 16.4. The number of thiazole rings is 1. The average Bonchev–Trinajstić information content (AvgIpc) is 3.16. The number of pyridine rings is 1. The Hall–Kier alpha value is -3.46. The molecule has 1 fully saturated rings. The number of aromatic amines is 1. The second-order valence-electron chi connectivity index (χ2n) is 7.17. The van der Waals surface area contributed by atoms with Crippen LogP contribution in [-0.2, 0) is 9.59 Å². The third-order valence-corrected chi connectivity index (χ3v) is 6.00. The van der Waals surface area contributed by atoms with Crippen LogP contribution in [0.25, 0.3) is 32.5 Å². The van der Waals surface area contributed by atoms with Crippen molar-refractivity contribution in [3.8, 4) is 11.3 Å². The number of alkyl halides is 4. The molecule has 1 aliphatic rings. The maximum Gasteiger partial charge on any atom is 0.490 e. The number of anilines is 1. The molecule has 0 saturated heterocycles. The number of carbonyl (C=O) groups excluding carboxylic acids is 1. The number of carboxylic acids is 1. The zero-order valence-corrected chi connectivity index (χ0v) is 18.3. The van der Waals surface area contributed by atoms with Gasteiger partial charge in [-0.05, 0) is 18.6 Å². The number of fused-ring (bicyclic) bond motifs is 2. The summed E-state index contributed by atoms with van der Waals surface area (Å²) in [5.74, 6) is -6.12. The highest BCUT2D eigenvalue weighted by atomic mass is 35.5. The first-order valence-corrected chi connectivity index (χ1v) is 10.6. The Labute approximate surface area is 198 Å². The standard InChI is InChI=1S/C17H9ClF3N5OS.C2HF3O2/c18-11-10(6-4-22-26-14(6)13(21)12(11)20)8-1-2-9-16(23-8)28-17(24-9)25-15(27)5-3-7(5)19;3-2(4,5)1(6)7/h1-2,4-5,7H,3H2,(H,22,26)(H,24,25,27);(H,6,7)/t5-,7+;/m1./s1. The molecular weight excluding hydrogens is 528 g/mol. The molecule has 0 unspecified atom stereocenters. The van der Waals surface area contributed by atoms with Gasteiger partial charge in [0.1, 0.15) is 22.0 Å². The Morgan fingerprint density at radius 3 is 2.46 bits per heavy atom. The third-order valence-electron chi connectivity index (χ3n) is 4.77. The zero-order valence-electron chi connectivity index (χ0n) is 16.8. The number of aliphatic carboxylic acids is 1. The lowest BCUT2D eigenvalue weighted by atomic mass is 10.1. The van der Waals surface area contributed by atoms with Gasteiger partial charge < -0.3 is 10.4 Å². The highest BCUT2D eigenvalue weighted by Crippen LogP contribution is 2.39. The van der Waals surface area contributed by atoms with Crippen LogP contribution in [0.3, 0.4) is 0 Å². The number of carbonyl (C=O) groups is 2. The lowest BCUT2D eigenvalue weighted by Gasteiger charge is -2.07. The minimum atomic E-state index is -5.08. The number of halogens is 7. The Bertz CT molecular complexity index is 1470. The Balaban J connectivity index is 0.000000364. The molecule has 1 amide bonds. The van der Waals surface area contributed by atoms with Crippen LogP contribution in [-0.4, -0.2) is 49.5 Å². The highest BCUT2D eigenvalue weighted by Gasteiger charge is 2.44. The molecule has 0 aliphatic heterocycles. The summed E-state index contributed by atoms with van der Waals surface area (Å²) in [4.78, 5) is 29.9. The van der Waals surface area contributed by atoms with E-state index in [-0.39, 0.29) is 28.0 Å². The summed E-state index contributed by atoms with van der Waals surface area (Å²) < 4.78 is 73.0. The number of nitrogens with one attached hydrogen (secondary N) is 2. The van der Waals surface area contributed by atoms with Gasteiger partial charge in [-0.1, -0.05) is 22.9 Å². The summed E-state index contributed by atoms with van der Waals surface area (Å²) in [7, 11) is 0. The van der Waals surface area contributed by atoms with E-state index >= 15 is 0 Å². The molecule has 8 nitrogen and oxygen atoms in total. The lowest BCUT2D eigenvalue weighted by molar-refractivity contribution is -0.192. The monoisotopic (exact) mass is 537 g/mol. The molecule has 3 N–H and O–H groups in total. The van der Waals surface area contributed by atoms with Crippen molar-refractivity contribution in [1.29, 1.82) is 0 Å². The Morgan fingerprint density at radius 1 is 1.20 bits per heavy atom. The van der Waals surface area contributed by atoms with Gasteiger partial charge in [-0.3, -0.25) is 9.89 Å². The molecule has 16 heteroatoms. The summed E-state index contributed by atoms with van der Waals surface area (Å²) in [5.41, 5.74) is 0.888. The Morgan fingerprint density at radius 2 is 1.86 bits per heavy atom. The summed E-state index contributed by atoms with van der Waals surface area (Å²) in [5, 5.41) is 16.0. The number of benzene rings is 1. The van der Waals surface area contributed by atoms with Crippen molar-refractivity contribution in [2.45, 2.75) is 18.8 Å². The van der Waals surface area contributed by atoms with E-state index in [4.69, 9.17) is 21.5 Å². The summed E-state index contributed by atoms with van der Waals surface area (Å²) >= 11 is 7.14. The van der Waals surface area contributed by atoms with Crippen molar-refractivity contribution in [3.05, 3.63) is 35.0 Å². The second-order valence-corrected chi connectivity index (χ2v) is 8.52. The van der Waals surface area contributed by atoms with Crippen molar-refractivity contribution in [1.82, 2.24) is 20.2 Å². The van der Waals surface area contributed by atoms with Gasteiger partial charge in [-0.25, -0.2) is 27.9 Å². The summed E-state index contributed by atoms with van der Waals surface area (Å²) in [6.07, 6.45) is -4.63. The normalized spacial score (nSPS) is 17.2. The van der Waals surface area contributed by atoms with Crippen LogP contribution < -0.4 is 5.32 Å². The van der Waals surface area contributed by atoms with Crippen LogP contribution in [0.2, 0.25) is 5.02 Å². The number of amides is 1. The number of aromatic nitrogens is 4. The average molecular weight is 538 g/mol. The molecule has 0 spiro atoms. The van der Waals surface area contributed by atoms with Crippen LogP contribution in [0, 0.1) is 17.6 Å². The fourth-order valence-electron chi connectivity index (χ4n) is 2.97. The van der Waals surface area contributed by atoms with E-state index in [1.165, 1.54) is 6.20 Å². The first-order valence-electron chi connectivity index (χ1n) is 9.41. The van der Waals surface area contributed by atoms with Crippen LogP contribution in [0.1, 0.15) is 6.42 Å². The van der Waals surface area contributed by atoms with Crippen molar-refractivity contribution in [2.75, 3.05) is 5.32 Å². The largest absolute Gasteiger partial charge is 0.490 e. The predicted molar refractivity (Wildman–Crippen MR) is 113 cm³/mol. The third kappa shape index (κ3) is 4.86. The minimum absolute atomic E-state index is 0.110. The SMILES string of the molecule is O=C(Nc1nc2ccc(-c3c(Cl)c(F)c(F)c4[nH]ncc34)nc2s1)[C@@H]1C[C@@H]1F.O=C(O)C(F)(F)F. The summed E-state index contributed by atoms with van der Waals surface area (Å²) in [6.45, 7) is 0. The number of carboxylic acid groups (broad SMARTS) is 1. The number of hydrogen-bond acceptors (Lipinski definition) is 6. The van der Waals surface area contributed by atoms with Crippen LogP contribution in [0.5, 0.6) is 0 Å². The molecule has 0 radical (unpaired) electrons. The lowest BCUT2D eigenvalue weighted by Crippen LogP contribution is -2.21. The van der Waals surface area contributed by atoms with Gasteiger partial charge in [-0.2, -0.15) is 18.3 Å². The number of hydrogen-bond donors (Lipinski definition) is 3.